The van der Waals surface area contributed by atoms with Crippen LogP contribution in [0, 0.1) is 5.92 Å². The van der Waals surface area contributed by atoms with Gasteiger partial charge >= 0.3 is 0 Å². The highest BCUT2D eigenvalue weighted by Gasteiger charge is 2.33. The Bertz CT molecular complexity index is 1470. The molecule has 7 nitrogen and oxygen atoms in total. The monoisotopic (exact) mass is 643 g/mol. The predicted octanol–water partition coefficient (Wildman–Crippen LogP) is 6.69. The number of halogens is 4. The van der Waals surface area contributed by atoms with Gasteiger partial charge < -0.3 is 10.2 Å². The zero-order valence-electron chi connectivity index (χ0n) is 22.1. The molecule has 214 valence electrons. The average molecular weight is 645 g/mol. The third kappa shape index (κ3) is 8.04. The minimum Gasteiger partial charge on any atom is -0.354 e. The Balaban J connectivity index is 2.06. The number of amides is 2. The molecule has 0 spiro atoms. The summed E-state index contributed by atoms with van der Waals surface area (Å²) >= 11 is 24.9. The SMILES string of the molecule is CC(C)CNC(=O)[C@@H](C)N(Cc1ccc(Cl)c(Cl)c1)C(=O)CN(c1cc(Cl)ccc1Cl)S(=O)(=O)c1ccccc1. The van der Waals surface area contributed by atoms with Gasteiger partial charge in [0.25, 0.3) is 10.0 Å². The van der Waals surface area contributed by atoms with Crippen LogP contribution in [0.2, 0.25) is 20.1 Å². The van der Waals surface area contributed by atoms with Gasteiger partial charge in [0.05, 0.1) is 25.7 Å². The highest BCUT2D eigenvalue weighted by molar-refractivity contribution is 7.92. The summed E-state index contributed by atoms with van der Waals surface area (Å²) < 4.78 is 28.5. The molecule has 40 heavy (non-hydrogen) atoms. The second kappa shape index (κ2) is 13.9. The second-order valence-electron chi connectivity index (χ2n) is 9.51. The second-order valence-corrected chi connectivity index (χ2v) is 13.0. The zero-order chi connectivity index (χ0) is 29.6. The highest BCUT2D eigenvalue weighted by atomic mass is 35.5. The van der Waals surface area contributed by atoms with E-state index >= 15 is 0 Å². The number of hydrogen-bond acceptors (Lipinski definition) is 4. The minimum absolute atomic E-state index is 0.0257. The maximum absolute atomic E-state index is 13.9. The van der Waals surface area contributed by atoms with Crippen molar-refractivity contribution < 1.29 is 18.0 Å². The van der Waals surface area contributed by atoms with Crippen LogP contribution < -0.4 is 9.62 Å². The first-order valence-corrected chi connectivity index (χ1v) is 15.3. The molecule has 0 unspecified atom stereocenters. The fraction of sp³-hybridized carbons (Fsp3) is 0.286. The van der Waals surface area contributed by atoms with Crippen molar-refractivity contribution in [2.45, 2.75) is 38.3 Å². The summed E-state index contributed by atoms with van der Waals surface area (Å²) in [6.45, 7) is 5.20. The molecule has 0 saturated carbocycles. The topological polar surface area (TPSA) is 86.8 Å². The number of nitrogens with one attached hydrogen (secondary N) is 1. The minimum atomic E-state index is -4.27. The quantitative estimate of drug-likeness (QED) is 0.252. The molecule has 0 aliphatic heterocycles. The molecule has 0 heterocycles. The molecule has 0 bridgehead atoms. The number of anilines is 1. The first-order valence-electron chi connectivity index (χ1n) is 12.3. The van der Waals surface area contributed by atoms with E-state index in [0.717, 1.165) is 4.31 Å². The van der Waals surface area contributed by atoms with Crippen molar-refractivity contribution in [3.63, 3.8) is 0 Å². The van der Waals surface area contributed by atoms with E-state index in [1.165, 1.54) is 35.2 Å². The molecule has 2 amide bonds. The van der Waals surface area contributed by atoms with Crippen LogP contribution in [0.5, 0.6) is 0 Å². The molecule has 0 aromatic heterocycles. The number of rotatable bonds is 11. The third-order valence-electron chi connectivity index (χ3n) is 5.98. The van der Waals surface area contributed by atoms with Crippen LogP contribution in [-0.2, 0) is 26.2 Å². The largest absolute Gasteiger partial charge is 0.354 e. The Hall–Kier alpha value is -2.49. The number of sulfonamides is 1. The Morgan fingerprint density at radius 3 is 2.12 bits per heavy atom. The number of carbonyl (C=O) groups excluding carboxylic acids is 2. The van der Waals surface area contributed by atoms with Crippen LogP contribution in [0.25, 0.3) is 0 Å². The standard InChI is InChI=1S/C28H29Cl4N3O4S/c1-18(2)15-33-28(37)19(3)34(16-20-9-11-23(30)25(32)13-20)27(36)17-35(26-14-21(29)10-12-24(26)31)40(38,39)22-7-5-4-6-8-22/h4-14,18-19H,15-17H2,1-3H3,(H,33,37)/t19-/m1/s1. The van der Waals surface area contributed by atoms with E-state index in [0.29, 0.717) is 17.1 Å². The highest BCUT2D eigenvalue weighted by Crippen LogP contribution is 2.33. The van der Waals surface area contributed by atoms with Gasteiger partial charge in [-0.15, -0.1) is 0 Å². The molecule has 0 aliphatic carbocycles. The van der Waals surface area contributed by atoms with Gasteiger partial charge in [0.15, 0.2) is 0 Å². The lowest BCUT2D eigenvalue weighted by molar-refractivity contribution is -0.139. The van der Waals surface area contributed by atoms with Gasteiger partial charge in [-0.05, 0) is 60.9 Å². The molecule has 3 rings (SSSR count). The molecular weight excluding hydrogens is 616 g/mol. The summed E-state index contributed by atoms with van der Waals surface area (Å²) in [7, 11) is -4.27. The van der Waals surface area contributed by atoms with Gasteiger partial charge in [-0.2, -0.15) is 0 Å². The fourth-order valence-corrected chi connectivity index (χ4v) is 5.98. The average Bonchev–Trinajstić information content (AvgIpc) is 2.92. The summed E-state index contributed by atoms with van der Waals surface area (Å²) in [6.07, 6.45) is 0. The van der Waals surface area contributed by atoms with Crippen molar-refractivity contribution in [2.24, 2.45) is 5.92 Å². The smallest absolute Gasteiger partial charge is 0.264 e. The Kier molecular flexibility index (Phi) is 11.1. The normalized spacial score (nSPS) is 12.2. The van der Waals surface area contributed by atoms with Gasteiger partial charge in [0.2, 0.25) is 11.8 Å². The van der Waals surface area contributed by atoms with Crippen molar-refractivity contribution in [2.75, 3.05) is 17.4 Å². The van der Waals surface area contributed by atoms with Crippen molar-refractivity contribution >= 4 is 73.9 Å². The summed E-state index contributed by atoms with van der Waals surface area (Å²) in [5.41, 5.74) is 0.627. The lowest BCUT2D eigenvalue weighted by Crippen LogP contribution is -2.51. The van der Waals surface area contributed by atoms with Gasteiger partial charge in [-0.3, -0.25) is 13.9 Å². The van der Waals surface area contributed by atoms with Crippen LogP contribution in [-0.4, -0.2) is 44.3 Å². The van der Waals surface area contributed by atoms with E-state index in [9.17, 15) is 18.0 Å². The molecule has 3 aromatic carbocycles. The van der Waals surface area contributed by atoms with Gasteiger partial charge in [-0.25, -0.2) is 8.42 Å². The van der Waals surface area contributed by atoms with E-state index in [1.54, 1.807) is 43.3 Å². The van der Waals surface area contributed by atoms with Crippen LogP contribution in [0.1, 0.15) is 26.3 Å². The Morgan fingerprint density at radius 2 is 1.50 bits per heavy atom. The van der Waals surface area contributed by atoms with Crippen molar-refractivity contribution in [3.05, 3.63) is 92.4 Å². The summed E-state index contributed by atoms with van der Waals surface area (Å²) in [4.78, 5) is 28.3. The lowest BCUT2D eigenvalue weighted by Gasteiger charge is -2.32. The van der Waals surface area contributed by atoms with Crippen LogP contribution in [0.15, 0.2) is 71.6 Å². The predicted molar refractivity (Wildman–Crippen MR) is 162 cm³/mol. The zero-order valence-corrected chi connectivity index (χ0v) is 25.9. The molecule has 1 N–H and O–H groups in total. The lowest BCUT2D eigenvalue weighted by atomic mass is 10.1. The van der Waals surface area contributed by atoms with Crippen LogP contribution >= 0.6 is 46.4 Å². The van der Waals surface area contributed by atoms with Crippen molar-refractivity contribution in [1.82, 2.24) is 10.2 Å². The molecule has 1 atom stereocenters. The van der Waals surface area contributed by atoms with Gasteiger partial charge in [0, 0.05) is 18.1 Å². The van der Waals surface area contributed by atoms with Gasteiger partial charge in [-0.1, -0.05) is 84.5 Å². The van der Waals surface area contributed by atoms with E-state index in [4.69, 9.17) is 46.4 Å². The maximum atomic E-state index is 13.9. The number of carbonyl (C=O) groups is 2. The molecule has 0 radical (unpaired) electrons. The van der Waals surface area contributed by atoms with E-state index in [2.05, 4.69) is 5.32 Å². The molecule has 3 aromatic rings. The summed E-state index contributed by atoms with van der Waals surface area (Å²) in [5.74, 6) is -0.846. The molecular formula is C28H29Cl4N3O4S. The molecule has 0 fully saturated rings. The Morgan fingerprint density at radius 1 is 0.850 bits per heavy atom. The number of hydrogen-bond donors (Lipinski definition) is 1. The number of benzene rings is 3. The van der Waals surface area contributed by atoms with Crippen LogP contribution in [0.3, 0.4) is 0 Å². The molecule has 0 aliphatic rings. The Labute approximate surface area is 255 Å². The maximum Gasteiger partial charge on any atom is 0.264 e. The summed E-state index contributed by atoms with van der Waals surface area (Å²) in [6, 6.07) is 15.9. The van der Waals surface area contributed by atoms with Crippen molar-refractivity contribution in [3.8, 4) is 0 Å². The van der Waals surface area contributed by atoms with Crippen LogP contribution in [0.4, 0.5) is 5.69 Å². The van der Waals surface area contributed by atoms with E-state index in [-0.39, 0.29) is 44.0 Å². The summed E-state index contributed by atoms with van der Waals surface area (Å²) in [5, 5.41) is 3.76. The number of nitrogens with zero attached hydrogens (tertiary/aromatic N) is 2. The van der Waals surface area contributed by atoms with Gasteiger partial charge in [0.1, 0.15) is 12.6 Å². The first-order chi connectivity index (χ1) is 18.8. The fourth-order valence-electron chi connectivity index (χ4n) is 3.78. The van der Waals surface area contributed by atoms with Crippen molar-refractivity contribution in [1.29, 1.82) is 0 Å². The molecule has 12 heteroatoms. The molecule has 0 saturated heterocycles. The van der Waals surface area contributed by atoms with E-state index in [1.807, 2.05) is 13.8 Å². The first kappa shape index (κ1) is 32.0. The third-order valence-corrected chi connectivity index (χ3v) is 9.04. The van der Waals surface area contributed by atoms with E-state index < -0.39 is 28.5 Å².